The van der Waals surface area contributed by atoms with E-state index >= 15 is 0 Å². The molecule has 1 rings (SSSR count). The SMILES string of the molecule is Cc1cccc(NC(=O)CNC(=O)CCCl)c1. The van der Waals surface area contributed by atoms with Gasteiger partial charge in [-0.3, -0.25) is 9.59 Å². The van der Waals surface area contributed by atoms with E-state index in [0.29, 0.717) is 0 Å². The van der Waals surface area contributed by atoms with Gasteiger partial charge in [0.2, 0.25) is 11.8 Å². The van der Waals surface area contributed by atoms with Gasteiger partial charge in [-0.15, -0.1) is 11.6 Å². The third-order valence-electron chi connectivity index (χ3n) is 2.07. The van der Waals surface area contributed by atoms with E-state index in [4.69, 9.17) is 11.6 Å². The lowest BCUT2D eigenvalue weighted by atomic mass is 10.2. The van der Waals surface area contributed by atoms with Crippen molar-refractivity contribution in [3.8, 4) is 0 Å². The number of carbonyl (C=O) groups excluding carboxylic acids is 2. The molecule has 0 fully saturated rings. The Labute approximate surface area is 105 Å². The van der Waals surface area contributed by atoms with Crippen LogP contribution in [0.4, 0.5) is 5.69 Å². The Morgan fingerprint density at radius 2 is 2.06 bits per heavy atom. The highest BCUT2D eigenvalue weighted by Crippen LogP contribution is 2.08. The Kier molecular flexibility index (Phi) is 5.49. The van der Waals surface area contributed by atoms with Gasteiger partial charge in [0, 0.05) is 18.0 Å². The van der Waals surface area contributed by atoms with Crippen LogP contribution < -0.4 is 10.6 Å². The predicted molar refractivity (Wildman–Crippen MR) is 68.2 cm³/mol. The molecular formula is C12H15ClN2O2. The summed E-state index contributed by atoms with van der Waals surface area (Å²) in [6.45, 7) is 1.90. The second kappa shape index (κ2) is 6.91. The summed E-state index contributed by atoms with van der Waals surface area (Å²) in [5, 5.41) is 5.18. The van der Waals surface area contributed by atoms with Gasteiger partial charge >= 0.3 is 0 Å². The average molecular weight is 255 g/mol. The number of nitrogens with one attached hydrogen (secondary N) is 2. The number of aryl methyl sites for hydroxylation is 1. The Morgan fingerprint density at radius 1 is 1.29 bits per heavy atom. The molecule has 0 bridgehead atoms. The van der Waals surface area contributed by atoms with Crippen LogP contribution in [0.3, 0.4) is 0 Å². The molecule has 0 aliphatic carbocycles. The molecule has 0 aromatic heterocycles. The van der Waals surface area contributed by atoms with Crippen molar-refractivity contribution in [1.82, 2.24) is 5.32 Å². The fourth-order valence-electron chi connectivity index (χ4n) is 1.28. The van der Waals surface area contributed by atoms with Crippen LogP contribution in [-0.4, -0.2) is 24.2 Å². The number of rotatable bonds is 5. The van der Waals surface area contributed by atoms with Crippen LogP contribution in [0.5, 0.6) is 0 Å². The van der Waals surface area contributed by atoms with E-state index < -0.39 is 0 Å². The molecule has 4 nitrogen and oxygen atoms in total. The normalized spacial score (nSPS) is 9.76. The molecular weight excluding hydrogens is 240 g/mol. The second-order valence-electron chi connectivity index (χ2n) is 3.63. The molecule has 0 aliphatic rings. The van der Waals surface area contributed by atoms with E-state index in [1.54, 1.807) is 6.07 Å². The zero-order chi connectivity index (χ0) is 12.7. The smallest absolute Gasteiger partial charge is 0.243 e. The van der Waals surface area contributed by atoms with Gasteiger partial charge in [0.1, 0.15) is 0 Å². The monoisotopic (exact) mass is 254 g/mol. The van der Waals surface area contributed by atoms with E-state index in [2.05, 4.69) is 10.6 Å². The molecule has 0 aliphatic heterocycles. The van der Waals surface area contributed by atoms with Crippen LogP contribution in [0, 0.1) is 6.92 Å². The maximum absolute atomic E-state index is 11.5. The minimum atomic E-state index is -0.251. The molecule has 0 atom stereocenters. The highest BCUT2D eigenvalue weighted by Gasteiger charge is 2.05. The maximum Gasteiger partial charge on any atom is 0.243 e. The minimum Gasteiger partial charge on any atom is -0.347 e. The molecule has 0 heterocycles. The van der Waals surface area contributed by atoms with Gasteiger partial charge in [-0.1, -0.05) is 12.1 Å². The van der Waals surface area contributed by atoms with Crippen molar-refractivity contribution < 1.29 is 9.59 Å². The van der Waals surface area contributed by atoms with Crippen LogP contribution in [0.1, 0.15) is 12.0 Å². The summed E-state index contributed by atoms with van der Waals surface area (Å²) in [7, 11) is 0. The number of amides is 2. The van der Waals surface area contributed by atoms with Gasteiger partial charge in [0.25, 0.3) is 0 Å². The summed E-state index contributed by atoms with van der Waals surface area (Å²) in [6.07, 6.45) is 0.222. The zero-order valence-corrected chi connectivity index (χ0v) is 10.4. The maximum atomic E-state index is 11.5. The number of anilines is 1. The molecule has 5 heteroatoms. The van der Waals surface area contributed by atoms with Crippen molar-refractivity contribution in [3.63, 3.8) is 0 Å². The first-order chi connectivity index (χ1) is 8.11. The molecule has 0 saturated heterocycles. The Hall–Kier alpha value is -1.55. The topological polar surface area (TPSA) is 58.2 Å². The molecule has 92 valence electrons. The molecule has 0 radical (unpaired) electrons. The third kappa shape index (κ3) is 5.36. The van der Waals surface area contributed by atoms with E-state index in [1.165, 1.54) is 0 Å². The van der Waals surface area contributed by atoms with E-state index in [-0.39, 0.29) is 30.7 Å². The summed E-state index contributed by atoms with van der Waals surface area (Å²) in [6, 6.07) is 7.46. The summed E-state index contributed by atoms with van der Waals surface area (Å²) in [4.78, 5) is 22.6. The van der Waals surface area contributed by atoms with Crippen molar-refractivity contribution >= 4 is 29.1 Å². The number of carbonyl (C=O) groups is 2. The first-order valence-corrected chi connectivity index (χ1v) is 5.84. The highest BCUT2D eigenvalue weighted by atomic mass is 35.5. The largest absolute Gasteiger partial charge is 0.347 e. The summed E-state index contributed by atoms with van der Waals surface area (Å²) < 4.78 is 0. The third-order valence-corrected chi connectivity index (χ3v) is 2.26. The second-order valence-corrected chi connectivity index (χ2v) is 4.01. The van der Waals surface area contributed by atoms with Crippen LogP contribution >= 0.6 is 11.6 Å². The molecule has 1 aromatic carbocycles. The average Bonchev–Trinajstić information content (AvgIpc) is 2.27. The summed E-state index contributed by atoms with van der Waals surface area (Å²) in [5.41, 5.74) is 1.79. The number of alkyl halides is 1. The van der Waals surface area contributed by atoms with Crippen molar-refractivity contribution in [2.45, 2.75) is 13.3 Å². The van der Waals surface area contributed by atoms with Crippen LogP contribution in [-0.2, 0) is 9.59 Å². The van der Waals surface area contributed by atoms with Crippen LogP contribution in [0.25, 0.3) is 0 Å². The predicted octanol–water partition coefficient (Wildman–Crippen LogP) is 1.68. The van der Waals surface area contributed by atoms with E-state index in [9.17, 15) is 9.59 Å². The summed E-state index contributed by atoms with van der Waals surface area (Å²) >= 11 is 5.40. The number of hydrogen-bond acceptors (Lipinski definition) is 2. The molecule has 2 N–H and O–H groups in total. The number of hydrogen-bond donors (Lipinski definition) is 2. The Bertz CT molecular complexity index is 407. The molecule has 2 amide bonds. The van der Waals surface area contributed by atoms with E-state index in [1.807, 2.05) is 25.1 Å². The fraction of sp³-hybridized carbons (Fsp3) is 0.333. The molecule has 0 spiro atoms. The van der Waals surface area contributed by atoms with Crippen molar-refractivity contribution in [3.05, 3.63) is 29.8 Å². The van der Waals surface area contributed by atoms with E-state index in [0.717, 1.165) is 11.3 Å². The van der Waals surface area contributed by atoms with Crippen molar-refractivity contribution in [2.24, 2.45) is 0 Å². The minimum absolute atomic E-state index is 0.0380. The van der Waals surface area contributed by atoms with Gasteiger partial charge in [-0.05, 0) is 24.6 Å². The highest BCUT2D eigenvalue weighted by molar-refractivity contribution is 6.18. The first kappa shape index (κ1) is 13.5. The van der Waals surface area contributed by atoms with Crippen LogP contribution in [0.2, 0.25) is 0 Å². The molecule has 1 aromatic rings. The Morgan fingerprint density at radius 3 is 2.71 bits per heavy atom. The lowest BCUT2D eigenvalue weighted by Crippen LogP contribution is -2.32. The quantitative estimate of drug-likeness (QED) is 0.786. The molecule has 0 unspecified atom stereocenters. The van der Waals surface area contributed by atoms with Crippen molar-refractivity contribution in [1.29, 1.82) is 0 Å². The zero-order valence-electron chi connectivity index (χ0n) is 9.63. The van der Waals surface area contributed by atoms with Gasteiger partial charge in [0.05, 0.1) is 6.54 Å². The van der Waals surface area contributed by atoms with Gasteiger partial charge in [-0.2, -0.15) is 0 Å². The van der Waals surface area contributed by atoms with Gasteiger partial charge in [0.15, 0.2) is 0 Å². The lowest BCUT2D eigenvalue weighted by molar-refractivity contribution is -0.123. The van der Waals surface area contributed by atoms with Crippen molar-refractivity contribution in [2.75, 3.05) is 17.7 Å². The summed E-state index contributed by atoms with van der Waals surface area (Å²) in [5.74, 6) is -0.219. The Balaban J connectivity index is 2.37. The molecule has 17 heavy (non-hydrogen) atoms. The standard InChI is InChI=1S/C12H15ClN2O2/c1-9-3-2-4-10(7-9)15-12(17)8-14-11(16)5-6-13/h2-4,7H,5-6,8H2,1H3,(H,14,16)(H,15,17). The lowest BCUT2D eigenvalue weighted by Gasteiger charge is -2.06. The number of benzene rings is 1. The molecule has 0 saturated carbocycles. The number of halogens is 1. The van der Waals surface area contributed by atoms with Gasteiger partial charge in [-0.25, -0.2) is 0 Å². The van der Waals surface area contributed by atoms with Gasteiger partial charge < -0.3 is 10.6 Å². The van der Waals surface area contributed by atoms with Crippen LogP contribution in [0.15, 0.2) is 24.3 Å². The first-order valence-electron chi connectivity index (χ1n) is 5.31. The fourth-order valence-corrected chi connectivity index (χ4v) is 1.45.